The van der Waals surface area contributed by atoms with Gasteiger partial charge in [-0.2, -0.15) is 10.2 Å². The molecule has 0 aliphatic carbocycles. The van der Waals surface area contributed by atoms with Gasteiger partial charge in [0.2, 0.25) is 5.91 Å². The van der Waals surface area contributed by atoms with E-state index in [0.29, 0.717) is 16.8 Å². The second-order valence-corrected chi connectivity index (χ2v) is 8.59. The van der Waals surface area contributed by atoms with Crippen LogP contribution in [0.4, 0.5) is 20.2 Å². The number of thiophene rings is 1. The van der Waals surface area contributed by atoms with Crippen molar-refractivity contribution in [3.8, 4) is 11.1 Å². The molecule has 15 heteroatoms. The Hall–Kier alpha value is -4.27. The molecule has 0 spiro atoms. The van der Waals surface area contributed by atoms with Crippen LogP contribution in [0.3, 0.4) is 0 Å². The van der Waals surface area contributed by atoms with Gasteiger partial charge in [-0.1, -0.05) is 0 Å². The van der Waals surface area contributed by atoms with Crippen molar-refractivity contribution in [1.29, 1.82) is 0 Å². The Morgan fingerprint density at radius 2 is 1.94 bits per heavy atom. The molecule has 0 aromatic carbocycles. The Labute approximate surface area is 199 Å². The van der Waals surface area contributed by atoms with Crippen LogP contribution in [0.1, 0.15) is 33.2 Å². The lowest BCUT2D eigenvalue weighted by atomic mass is 10.0. The van der Waals surface area contributed by atoms with E-state index in [9.17, 15) is 28.5 Å². The van der Waals surface area contributed by atoms with Crippen LogP contribution in [0.25, 0.3) is 21.3 Å². The van der Waals surface area contributed by atoms with Gasteiger partial charge in [0.25, 0.3) is 12.3 Å². The Kier molecular flexibility index (Phi) is 6.02. The van der Waals surface area contributed by atoms with Crippen LogP contribution in [0.5, 0.6) is 0 Å². The smallest absolute Gasteiger partial charge is 0.309 e. The molecule has 4 aromatic heterocycles. The first-order valence-electron chi connectivity index (χ1n) is 10.0. The fourth-order valence-electron chi connectivity index (χ4n) is 3.59. The molecule has 12 nitrogen and oxygen atoms in total. The van der Waals surface area contributed by atoms with Gasteiger partial charge in [0.1, 0.15) is 33.8 Å². The van der Waals surface area contributed by atoms with E-state index in [0.717, 1.165) is 22.2 Å². The van der Waals surface area contributed by atoms with Crippen molar-refractivity contribution in [3.63, 3.8) is 0 Å². The third kappa shape index (κ3) is 4.21. The molecule has 0 atom stereocenters. The second-order valence-electron chi connectivity index (χ2n) is 7.59. The number of hydrogen-bond acceptors (Lipinski definition) is 8. The maximum absolute atomic E-state index is 13.6. The molecule has 4 heterocycles. The van der Waals surface area contributed by atoms with E-state index in [1.165, 1.54) is 19.2 Å². The van der Waals surface area contributed by atoms with Gasteiger partial charge in [0, 0.05) is 23.7 Å². The lowest BCUT2D eigenvalue weighted by molar-refractivity contribution is -0.385. The summed E-state index contributed by atoms with van der Waals surface area (Å²) in [6.07, 6.45) is -0.374. The van der Waals surface area contributed by atoms with Gasteiger partial charge in [-0.25, -0.2) is 13.8 Å². The van der Waals surface area contributed by atoms with E-state index in [4.69, 9.17) is 5.73 Å². The number of primary amides is 1. The van der Waals surface area contributed by atoms with Crippen LogP contribution < -0.4 is 11.1 Å². The molecule has 0 saturated carbocycles. The Balaban J connectivity index is 1.86. The zero-order valence-corrected chi connectivity index (χ0v) is 19.4. The highest BCUT2D eigenvalue weighted by Crippen LogP contribution is 2.43. The summed E-state index contributed by atoms with van der Waals surface area (Å²) in [6.45, 7) is 2.77. The molecule has 0 fully saturated rings. The highest BCUT2D eigenvalue weighted by Gasteiger charge is 2.26. The van der Waals surface area contributed by atoms with E-state index in [2.05, 4.69) is 20.5 Å². The number of amides is 2. The van der Waals surface area contributed by atoms with Crippen LogP contribution in [0.15, 0.2) is 18.5 Å². The summed E-state index contributed by atoms with van der Waals surface area (Å²) < 4.78 is 29.9. The third-order valence-corrected chi connectivity index (χ3v) is 6.58. The lowest BCUT2D eigenvalue weighted by Crippen LogP contribution is -2.22. The first-order valence-corrected chi connectivity index (χ1v) is 10.8. The standard InChI is InChI=1S/C20H18F2N8O4S/c1-8-11(5-24-28(8)3)10-4-12(18(21)22)26-20-15(10)16(17(35-20)19(23)32)27-14(31)7-29-9(2)13(6-25-29)30(33)34/h4-6,18H,7H2,1-3H3,(H2,23,32)(H,27,31). The van der Waals surface area contributed by atoms with E-state index < -0.39 is 35.4 Å². The maximum Gasteiger partial charge on any atom is 0.309 e. The number of nitrogens with two attached hydrogens (primary N) is 1. The molecule has 4 aromatic rings. The van der Waals surface area contributed by atoms with Gasteiger partial charge >= 0.3 is 5.69 Å². The first kappa shape index (κ1) is 23.9. The predicted molar refractivity (Wildman–Crippen MR) is 122 cm³/mol. The summed E-state index contributed by atoms with van der Waals surface area (Å²) in [4.78, 5) is 39.5. The molecule has 0 aliphatic rings. The number of nitrogens with zero attached hydrogens (tertiary/aromatic N) is 6. The van der Waals surface area contributed by atoms with Crippen LogP contribution >= 0.6 is 11.3 Å². The minimum atomic E-state index is -2.88. The number of hydrogen-bond donors (Lipinski definition) is 2. The molecule has 4 rings (SSSR count). The van der Waals surface area contributed by atoms with Crippen molar-refractivity contribution >= 4 is 44.7 Å². The summed E-state index contributed by atoms with van der Waals surface area (Å²) in [7, 11) is 1.68. The summed E-state index contributed by atoms with van der Waals surface area (Å²) >= 11 is 0.772. The number of nitro groups is 1. The molecule has 182 valence electrons. The second kappa shape index (κ2) is 8.83. The monoisotopic (exact) mass is 504 g/mol. The van der Waals surface area contributed by atoms with Gasteiger partial charge in [-0.3, -0.25) is 29.1 Å². The fraction of sp³-hybridized carbons (Fsp3) is 0.250. The number of fused-ring (bicyclic) bond motifs is 1. The minimum absolute atomic E-state index is 0.00776. The van der Waals surface area contributed by atoms with Gasteiger partial charge in [0.05, 0.1) is 16.8 Å². The Morgan fingerprint density at radius 1 is 1.23 bits per heavy atom. The number of carbonyl (C=O) groups excluding carboxylic acids is 2. The van der Waals surface area contributed by atoms with Gasteiger partial charge in [-0.05, 0) is 25.5 Å². The van der Waals surface area contributed by atoms with Crippen molar-refractivity contribution in [2.75, 3.05) is 5.32 Å². The van der Waals surface area contributed by atoms with Crippen LogP contribution in [0, 0.1) is 24.0 Å². The normalized spacial score (nSPS) is 11.4. The van der Waals surface area contributed by atoms with Crippen molar-refractivity contribution in [2.24, 2.45) is 12.8 Å². The lowest BCUT2D eigenvalue weighted by Gasteiger charge is -2.11. The highest BCUT2D eigenvalue weighted by molar-refractivity contribution is 7.21. The molecule has 35 heavy (non-hydrogen) atoms. The number of halogens is 2. The number of carbonyl (C=O) groups is 2. The first-order chi connectivity index (χ1) is 16.5. The molecule has 2 amide bonds. The van der Waals surface area contributed by atoms with Gasteiger partial charge < -0.3 is 11.1 Å². The Bertz CT molecular complexity index is 1510. The molecule has 0 unspecified atom stereocenters. The topological polar surface area (TPSA) is 164 Å². The summed E-state index contributed by atoms with van der Waals surface area (Å²) in [5, 5.41) is 21.9. The average molecular weight is 504 g/mol. The highest BCUT2D eigenvalue weighted by atomic mass is 32.1. The number of nitrogens with one attached hydrogen (secondary N) is 1. The zero-order chi connectivity index (χ0) is 25.6. The van der Waals surface area contributed by atoms with Gasteiger partial charge in [-0.15, -0.1) is 11.3 Å². The molecular weight excluding hydrogens is 486 g/mol. The quantitative estimate of drug-likeness (QED) is 0.288. The van der Waals surface area contributed by atoms with Crippen LogP contribution in [-0.4, -0.2) is 41.3 Å². The van der Waals surface area contributed by atoms with E-state index in [-0.39, 0.29) is 32.2 Å². The number of aromatic nitrogens is 5. The number of aryl methyl sites for hydroxylation is 1. The molecule has 0 bridgehead atoms. The molecule has 0 radical (unpaired) electrons. The molecule has 3 N–H and O–H groups in total. The summed E-state index contributed by atoms with van der Waals surface area (Å²) in [6, 6.07) is 1.19. The molecular formula is C20H18F2N8O4S. The largest absolute Gasteiger partial charge is 0.365 e. The van der Waals surface area contributed by atoms with E-state index in [1.54, 1.807) is 18.7 Å². The van der Waals surface area contributed by atoms with Crippen molar-refractivity contribution in [1.82, 2.24) is 24.5 Å². The predicted octanol–water partition coefficient (Wildman–Crippen LogP) is 3.09. The van der Waals surface area contributed by atoms with Crippen molar-refractivity contribution in [2.45, 2.75) is 26.8 Å². The van der Waals surface area contributed by atoms with Crippen molar-refractivity contribution in [3.05, 3.63) is 50.5 Å². The summed E-state index contributed by atoms with van der Waals surface area (Å²) in [5.74, 6) is -1.55. The molecule has 0 aliphatic heterocycles. The summed E-state index contributed by atoms with van der Waals surface area (Å²) in [5.41, 5.74) is 6.38. The fourth-order valence-corrected chi connectivity index (χ4v) is 4.60. The molecule has 0 saturated heterocycles. The van der Waals surface area contributed by atoms with Crippen LogP contribution in [-0.2, 0) is 18.4 Å². The van der Waals surface area contributed by atoms with Crippen molar-refractivity contribution < 1.29 is 23.3 Å². The number of rotatable bonds is 7. The number of anilines is 1. The number of pyridine rings is 1. The maximum atomic E-state index is 13.6. The SMILES string of the molecule is Cc1c(-c2cc(C(F)F)nc3sc(C(N)=O)c(NC(=O)Cn4ncc([N+](=O)[O-])c4C)c23)cnn1C. The van der Waals surface area contributed by atoms with Gasteiger partial charge in [0.15, 0.2) is 0 Å². The van der Waals surface area contributed by atoms with E-state index >= 15 is 0 Å². The third-order valence-electron chi connectivity index (χ3n) is 5.49. The minimum Gasteiger partial charge on any atom is -0.365 e. The average Bonchev–Trinajstić information content (AvgIpc) is 3.44. The van der Waals surface area contributed by atoms with Crippen LogP contribution in [0.2, 0.25) is 0 Å². The number of alkyl halides is 2. The van der Waals surface area contributed by atoms with E-state index in [1.807, 2.05) is 0 Å². The zero-order valence-electron chi connectivity index (χ0n) is 18.6. The Morgan fingerprint density at radius 3 is 2.49 bits per heavy atom.